The Labute approximate surface area is 93.4 Å². The summed E-state index contributed by atoms with van der Waals surface area (Å²) in [6, 6.07) is 4.92. The van der Waals surface area contributed by atoms with E-state index in [-0.39, 0.29) is 11.8 Å². The number of methoxy groups -OCH3 is 1. The van der Waals surface area contributed by atoms with Gasteiger partial charge in [-0.15, -0.1) is 0 Å². The largest absolute Gasteiger partial charge is 0.506 e. The van der Waals surface area contributed by atoms with Gasteiger partial charge in [0, 0.05) is 12.6 Å². The van der Waals surface area contributed by atoms with E-state index in [1.165, 1.54) is 18.1 Å². The summed E-state index contributed by atoms with van der Waals surface area (Å²) in [6.45, 7) is 0.457. The molecular weight excluding hydrogens is 208 g/mol. The number of hydrogen-bond acceptors (Lipinski definition) is 4. The van der Waals surface area contributed by atoms with E-state index < -0.39 is 6.09 Å². The summed E-state index contributed by atoms with van der Waals surface area (Å²) < 4.78 is 4.67. The van der Waals surface area contributed by atoms with Crippen molar-refractivity contribution in [3.05, 3.63) is 23.8 Å². The van der Waals surface area contributed by atoms with Crippen LogP contribution in [0.3, 0.4) is 0 Å². The second-order valence-corrected chi connectivity index (χ2v) is 3.73. The second kappa shape index (κ2) is 4.02. The van der Waals surface area contributed by atoms with Gasteiger partial charge in [-0.1, -0.05) is 12.1 Å². The number of nitrogens with two attached hydrogens (primary N) is 1. The van der Waals surface area contributed by atoms with Crippen molar-refractivity contribution in [2.45, 2.75) is 12.5 Å². The number of fused-ring (bicyclic) bond motifs is 1. The summed E-state index contributed by atoms with van der Waals surface area (Å²) in [5.41, 5.74) is 7.17. The summed E-state index contributed by atoms with van der Waals surface area (Å²) in [5.74, 6) is 0.0538. The number of hydrogen-bond donors (Lipinski definition) is 2. The van der Waals surface area contributed by atoms with Crippen molar-refractivity contribution in [3.8, 4) is 5.75 Å². The predicted octanol–water partition coefficient (Wildman–Crippen LogP) is 1.37. The van der Waals surface area contributed by atoms with Gasteiger partial charge in [-0.05, 0) is 18.1 Å². The third kappa shape index (κ3) is 1.59. The van der Waals surface area contributed by atoms with E-state index in [1.807, 2.05) is 6.07 Å². The highest BCUT2D eigenvalue weighted by Crippen LogP contribution is 2.39. The molecule has 1 aliphatic heterocycles. The van der Waals surface area contributed by atoms with E-state index >= 15 is 0 Å². The molecule has 5 heteroatoms. The number of amides is 1. The molecule has 2 rings (SSSR count). The number of rotatable bonds is 0. The Bertz CT molecular complexity index is 420. The number of ether oxygens (including phenoxy) is 1. The molecule has 0 saturated carbocycles. The van der Waals surface area contributed by atoms with Crippen LogP contribution in [0.4, 0.5) is 10.5 Å². The Balaban J connectivity index is 2.50. The number of anilines is 1. The third-order valence-corrected chi connectivity index (χ3v) is 2.77. The zero-order chi connectivity index (χ0) is 11.7. The van der Waals surface area contributed by atoms with Crippen LogP contribution in [-0.4, -0.2) is 24.9 Å². The van der Waals surface area contributed by atoms with Crippen LogP contribution in [-0.2, 0) is 4.74 Å². The molecule has 3 N–H and O–H groups in total. The summed E-state index contributed by atoms with van der Waals surface area (Å²) in [5, 5.41) is 9.78. The van der Waals surface area contributed by atoms with Gasteiger partial charge in [0.05, 0.1) is 12.8 Å². The number of phenolic OH excluding ortho intramolecular Hbond substituents is 1. The van der Waals surface area contributed by atoms with Crippen LogP contribution in [0.5, 0.6) is 5.75 Å². The van der Waals surface area contributed by atoms with Gasteiger partial charge in [-0.3, -0.25) is 4.90 Å². The SMILES string of the molecule is COC(=O)N1CCC(N)c2cccc(O)c21. The smallest absolute Gasteiger partial charge is 0.414 e. The fourth-order valence-electron chi connectivity index (χ4n) is 1.97. The Kier molecular flexibility index (Phi) is 2.70. The Morgan fingerprint density at radius 1 is 1.62 bits per heavy atom. The fourth-order valence-corrected chi connectivity index (χ4v) is 1.97. The van der Waals surface area contributed by atoms with E-state index in [2.05, 4.69) is 4.74 Å². The minimum atomic E-state index is -0.477. The maximum absolute atomic E-state index is 11.5. The molecule has 0 fully saturated rings. The molecule has 1 aromatic carbocycles. The summed E-state index contributed by atoms with van der Waals surface area (Å²) >= 11 is 0. The first-order valence-corrected chi connectivity index (χ1v) is 5.08. The maximum atomic E-state index is 11.5. The Morgan fingerprint density at radius 3 is 3.06 bits per heavy atom. The van der Waals surface area contributed by atoms with E-state index in [4.69, 9.17) is 5.73 Å². The second-order valence-electron chi connectivity index (χ2n) is 3.73. The fraction of sp³-hybridized carbons (Fsp3) is 0.364. The molecule has 0 spiro atoms. The molecule has 1 amide bonds. The Hall–Kier alpha value is -1.75. The summed E-state index contributed by atoms with van der Waals surface area (Å²) in [4.78, 5) is 13.0. The molecule has 5 nitrogen and oxygen atoms in total. The number of nitrogens with zero attached hydrogens (tertiary/aromatic N) is 1. The van der Waals surface area contributed by atoms with Crippen molar-refractivity contribution < 1.29 is 14.6 Å². The van der Waals surface area contributed by atoms with E-state index in [9.17, 15) is 9.90 Å². The van der Waals surface area contributed by atoms with Crippen molar-refractivity contribution in [3.63, 3.8) is 0 Å². The quantitative estimate of drug-likeness (QED) is 0.695. The molecule has 1 heterocycles. The molecule has 0 bridgehead atoms. The normalized spacial score (nSPS) is 19.1. The zero-order valence-electron chi connectivity index (χ0n) is 9.01. The molecule has 1 unspecified atom stereocenters. The van der Waals surface area contributed by atoms with Crippen molar-refractivity contribution in [1.82, 2.24) is 0 Å². The lowest BCUT2D eigenvalue weighted by Crippen LogP contribution is -2.38. The lowest BCUT2D eigenvalue weighted by Gasteiger charge is -2.32. The minimum absolute atomic E-state index is 0.0538. The zero-order valence-corrected chi connectivity index (χ0v) is 9.01. The molecular formula is C11H14N2O3. The van der Waals surface area contributed by atoms with Gasteiger partial charge in [0.1, 0.15) is 5.75 Å². The topological polar surface area (TPSA) is 75.8 Å². The highest BCUT2D eigenvalue weighted by atomic mass is 16.5. The van der Waals surface area contributed by atoms with Crippen molar-refractivity contribution in [2.24, 2.45) is 5.73 Å². The molecule has 0 saturated heterocycles. The Morgan fingerprint density at radius 2 is 2.38 bits per heavy atom. The number of carbonyl (C=O) groups excluding carboxylic acids is 1. The lowest BCUT2D eigenvalue weighted by atomic mass is 9.97. The maximum Gasteiger partial charge on any atom is 0.414 e. The van der Waals surface area contributed by atoms with Gasteiger partial charge in [0.2, 0.25) is 0 Å². The highest BCUT2D eigenvalue weighted by molar-refractivity contribution is 5.91. The van der Waals surface area contributed by atoms with Gasteiger partial charge in [0.25, 0.3) is 0 Å². The van der Waals surface area contributed by atoms with Gasteiger partial charge in [-0.2, -0.15) is 0 Å². The van der Waals surface area contributed by atoms with Gasteiger partial charge in [-0.25, -0.2) is 4.79 Å². The van der Waals surface area contributed by atoms with Gasteiger partial charge >= 0.3 is 6.09 Å². The van der Waals surface area contributed by atoms with Crippen LogP contribution in [0, 0.1) is 0 Å². The number of phenols is 1. The van der Waals surface area contributed by atoms with E-state index in [1.54, 1.807) is 6.07 Å². The van der Waals surface area contributed by atoms with Crippen molar-refractivity contribution >= 4 is 11.8 Å². The molecule has 86 valence electrons. The molecule has 16 heavy (non-hydrogen) atoms. The minimum Gasteiger partial charge on any atom is -0.506 e. The number of benzene rings is 1. The van der Waals surface area contributed by atoms with E-state index in [0.717, 1.165) is 5.56 Å². The van der Waals surface area contributed by atoms with E-state index in [0.29, 0.717) is 18.7 Å². The first-order valence-electron chi connectivity index (χ1n) is 5.08. The molecule has 0 radical (unpaired) electrons. The molecule has 0 aliphatic carbocycles. The summed E-state index contributed by atoms with van der Waals surface area (Å²) in [7, 11) is 1.32. The lowest BCUT2D eigenvalue weighted by molar-refractivity contribution is 0.177. The molecule has 0 aromatic heterocycles. The van der Waals surface area contributed by atoms with Crippen LogP contribution in [0.1, 0.15) is 18.0 Å². The average Bonchev–Trinajstić information content (AvgIpc) is 2.30. The standard InChI is InChI=1S/C11H14N2O3/c1-16-11(15)13-6-5-8(12)7-3-2-4-9(14)10(7)13/h2-4,8,14H,5-6,12H2,1H3. The number of carbonyl (C=O) groups is 1. The van der Waals surface area contributed by atoms with Gasteiger partial charge < -0.3 is 15.6 Å². The van der Waals surface area contributed by atoms with Crippen molar-refractivity contribution in [2.75, 3.05) is 18.6 Å². The first-order chi connectivity index (χ1) is 7.65. The summed E-state index contributed by atoms with van der Waals surface area (Å²) in [6.07, 6.45) is 0.181. The van der Waals surface area contributed by atoms with Crippen LogP contribution in [0.15, 0.2) is 18.2 Å². The molecule has 1 aromatic rings. The highest BCUT2D eigenvalue weighted by Gasteiger charge is 2.29. The van der Waals surface area contributed by atoms with Crippen LogP contribution in [0.25, 0.3) is 0 Å². The molecule has 1 atom stereocenters. The van der Waals surface area contributed by atoms with Crippen LogP contribution in [0.2, 0.25) is 0 Å². The number of aromatic hydroxyl groups is 1. The first kappa shape index (κ1) is 10.8. The third-order valence-electron chi connectivity index (χ3n) is 2.77. The van der Waals surface area contributed by atoms with Crippen LogP contribution >= 0.6 is 0 Å². The van der Waals surface area contributed by atoms with Crippen molar-refractivity contribution in [1.29, 1.82) is 0 Å². The molecule has 1 aliphatic rings. The van der Waals surface area contributed by atoms with Crippen LogP contribution < -0.4 is 10.6 Å². The average molecular weight is 222 g/mol. The number of para-hydroxylation sites is 1. The predicted molar refractivity (Wildman–Crippen MR) is 59.4 cm³/mol. The van der Waals surface area contributed by atoms with Gasteiger partial charge in [0.15, 0.2) is 0 Å². The monoisotopic (exact) mass is 222 g/mol.